The number of hydrogen-bond donors (Lipinski definition) is 0. The number of rotatable bonds is 5. The van der Waals surface area contributed by atoms with Gasteiger partial charge < -0.3 is 4.74 Å². The van der Waals surface area contributed by atoms with Crippen LogP contribution in [-0.2, 0) is 6.42 Å². The molecule has 0 aliphatic heterocycles. The van der Waals surface area contributed by atoms with E-state index in [1.165, 1.54) is 12.1 Å². The predicted molar refractivity (Wildman–Crippen MR) is 68.9 cm³/mol. The Morgan fingerprint density at radius 3 is 2.22 bits per heavy atom. The Morgan fingerprint density at radius 1 is 1.28 bits per heavy atom. The number of allylic oxidation sites excluding steroid dienone is 1. The number of hydrogen-bond acceptors (Lipinski definition) is 1. The molecule has 100 valence electrons. The molecule has 0 spiro atoms. The van der Waals surface area contributed by atoms with E-state index in [4.69, 9.17) is 0 Å². The lowest BCUT2D eigenvalue weighted by Crippen LogP contribution is -2.18. The number of halogens is 4. The molecular weight excluding hydrogens is 309 g/mol. The lowest BCUT2D eigenvalue weighted by Gasteiger charge is -2.23. The molecule has 1 unspecified atom stereocenters. The van der Waals surface area contributed by atoms with E-state index >= 15 is 0 Å². The van der Waals surface area contributed by atoms with Gasteiger partial charge in [0.15, 0.2) is 0 Å². The molecule has 0 amide bonds. The molecule has 1 aromatic carbocycles. The third kappa shape index (κ3) is 4.72. The molecule has 1 rings (SSSR count). The molecule has 1 nitrogen and oxygen atoms in total. The fourth-order valence-electron chi connectivity index (χ4n) is 1.45. The predicted octanol–water partition coefficient (Wildman–Crippen LogP) is 4.71. The third-order valence-electron chi connectivity index (χ3n) is 2.56. The molecule has 1 atom stereocenters. The zero-order chi connectivity index (χ0) is 13.8. The van der Waals surface area contributed by atoms with Gasteiger partial charge in [0.05, 0.1) is 0 Å². The monoisotopic (exact) mass is 322 g/mol. The molecule has 0 N–H and O–H groups in total. The second-order valence-electron chi connectivity index (χ2n) is 4.36. The minimum atomic E-state index is -4.65. The lowest BCUT2D eigenvalue weighted by atomic mass is 9.86. The average molecular weight is 323 g/mol. The summed E-state index contributed by atoms with van der Waals surface area (Å²) in [6.07, 6.45) is -2.11. The molecule has 0 aromatic heterocycles. The van der Waals surface area contributed by atoms with Gasteiger partial charge in [-0.05, 0) is 29.5 Å². The fourth-order valence-corrected chi connectivity index (χ4v) is 1.88. The van der Waals surface area contributed by atoms with Crippen LogP contribution in [0, 0.1) is 5.41 Å². The van der Waals surface area contributed by atoms with Gasteiger partial charge in [-0.25, -0.2) is 0 Å². The van der Waals surface area contributed by atoms with Crippen molar-refractivity contribution >= 4 is 15.9 Å². The van der Waals surface area contributed by atoms with Gasteiger partial charge in [-0.15, -0.1) is 19.8 Å². The largest absolute Gasteiger partial charge is 0.573 e. The van der Waals surface area contributed by atoms with Gasteiger partial charge in [0.25, 0.3) is 0 Å². The molecule has 0 saturated heterocycles. The highest BCUT2D eigenvalue weighted by molar-refractivity contribution is 9.09. The smallest absolute Gasteiger partial charge is 0.406 e. The van der Waals surface area contributed by atoms with Crippen molar-refractivity contribution in [2.45, 2.75) is 19.7 Å². The average Bonchev–Trinajstić information content (AvgIpc) is 2.30. The summed E-state index contributed by atoms with van der Waals surface area (Å²) in [6.45, 7) is 5.79. The summed E-state index contributed by atoms with van der Waals surface area (Å²) < 4.78 is 39.8. The summed E-state index contributed by atoms with van der Waals surface area (Å²) in [4.78, 5) is 0. The lowest BCUT2D eigenvalue weighted by molar-refractivity contribution is -0.274. The molecule has 18 heavy (non-hydrogen) atoms. The van der Waals surface area contributed by atoms with Gasteiger partial charge in [0.2, 0.25) is 0 Å². The first-order valence-electron chi connectivity index (χ1n) is 5.32. The van der Waals surface area contributed by atoms with Crippen LogP contribution in [0.2, 0.25) is 0 Å². The van der Waals surface area contributed by atoms with Crippen molar-refractivity contribution in [3.63, 3.8) is 0 Å². The summed E-state index contributed by atoms with van der Waals surface area (Å²) in [5, 5.41) is 0.740. The summed E-state index contributed by atoms with van der Waals surface area (Å²) in [7, 11) is 0. The first-order chi connectivity index (χ1) is 8.28. The van der Waals surface area contributed by atoms with E-state index in [0.717, 1.165) is 10.9 Å². The van der Waals surface area contributed by atoms with Crippen LogP contribution < -0.4 is 4.74 Å². The highest BCUT2D eigenvalue weighted by Crippen LogP contribution is 2.28. The first kappa shape index (κ1) is 15.1. The van der Waals surface area contributed by atoms with Crippen molar-refractivity contribution in [3.8, 4) is 5.75 Å². The van der Waals surface area contributed by atoms with E-state index in [2.05, 4.69) is 27.2 Å². The van der Waals surface area contributed by atoms with Crippen molar-refractivity contribution < 1.29 is 17.9 Å². The number of benzene rings is 1. The van der Waals surface area contributed by atoms with Gasteiger partial charge in [0, 0.05) is 5.33 Å². The van der Waals surface area contributed by atoms with E-state index in [9.17, 15) is 13.2 Å². The number of alkyl halides is 4. The Balaban J connectivity index is 2.74. The minimum absolute atomic E-state index is 0.119. The van der Waals surface area contributed by atoms with Crippen molar-refractivity contribution in [2.75, 3.05) is 5.33 Å². The molecule has 0 aliphatic rings. The van der Waals surface area contributed by atoms with Gasteiger partial charge in [-0.3, -0.25) is 0 Å². The maximum Gasteiger partial charge on any atom is 0.573 e. The van der Waals surface area contributed by atoms with Crippen molar-refractivity contribution in [1.29, 1.82) is 0 Å². The number of ether oxygens (including phenoxy) is 1. The minimum Gasteiger partial charge on any atom is -0.406 e. The van der Waals surface area contributed by atoms with Crippen LogP contribution in [0.25, 0.3) is 0 Å². The second-order valence-corrected chi connectivity index (χ2v) is 4.92. The van der Waals surface area contributed by atoms with Crippen LogP contribution in [0.1, 0.15) is 12.5 Å². The molecule has 0 saturated carbocycles. The Hall–Kier alpha value is -0.970. The standard InChI is InChI=1S/C13H14BrF3O/c1-3-12(2,9-14)8-10-4-6-11(7-5-10)18-13(15,16)17/h3-7H,1,8-9H2,2H3. The van der Waals surface area contributed by atoms with E-state index in [1.54, 1.807) is 12.1 Å². The molecule has 0 bridgehead atoms. The molecule has 1 aromatic rings. The second kappa shape index (κ2) is 5.78. The summed E-state index contributed by atoms with van der Waals surface area (Å²) in [5.41, 5.74) is 0.818. The van der Waals surface area contributed by atoms with E-state index < -0.39 is 6.36 Å². The van der Waals surface area contributed by atoms with Gasteiger partial charge in [-0.2, -0.15) is 0 Å². The van der Waals surface area contributed by atoms with E-state index in [-0.39, 0.29) is 11.2 Å². The van der Waals surface area contributed by atoms with Gasteiger partial charge in [-0.1, -0.05) is 41.1 Å². The van der Waals surface area contributed by atoms with E-state index in [1.807, 2.05) is 13.0 Å². The highest BCUT2D eigenvalue weighted by atomic mass is 79.9. The van der Waals surface area contributed by atoms with Crippen molar-refractivity contribution in [1.82, 2.24) is 0 Å². The van der Waals surface area contributed by atoms with Gasteiger partial charge in [0.1, 0.15) is 5.75 Å². The maximum absolute atomic E-state index is 12.0. The SMILES string of the molecule is C=CC(C)(CBr)Cc1ccc(OC(F)(F)F)cc1. The van der Waals surface area contributed by atoms with Gasteiger partial charge >= 0.3 is 6.36 Å². The summed E-state index contributed by atoms with van der Waals surface area (Å²) in [6, 6.07) is 5.90. The fraction of sp³-hybridized carbons (Fsp3) is 0.385. The Morgan fingerprint density at radius 2 is 1.83 bits per heavy atom. The Kier molecular flexibility index (Phi) is 4.85. The van der Waals surface area contributed by atoms with Crippen LogP contribution in [0.5, 0.6) is 5.75 Å². The van der Waals surface area contributed by atoms with Crippen LogP contribution in [-0.4, -0.2) is 11.7 Å². The molecule has 5 heteroatoms. The first-order valence-corrected chi connectivity index (χ1v) is 6.44. The highest BCUT2D eigenvalue weighted by Gasteiger charge is 2.31. The molecule has 0 fully saturated rings. The topological polar surface area (TPSA) is 9.23 Å². The summed E-state index contributed by atoms with van der Waals surface area (Å²) >= 11 is 3.40. The molecule has 0 heterocycles. The zero-order valence-corrected chi connectivity index (χ0v) is 11.5. The quantitative estimate of drug-likeness (QED) is 0.563. The Labute approximate surface area is 113 Å². The van der Waals surface area contributed by atoms with Crippen molar-refractivity contribution in [2.24, 2.45) is 5.41 Å². The van der Waals surface area contributed by atoms with Crippen LogP contribution in [0.15, 0.2) is 36.9 Å². The maximum atomic E-state index is 12.0. The third-order valence-corrected chi connectivity index (χ3v) is 3.84. The molecule has 0 radical (unpaired) electrons. The van der Waals surface area contributed by atoms with Crippen LogP contribution >= 0.6 is 15.9 Å². The van der Waals surface area contributed by atoms with Crippen LogP contribution in [0.3, 0.4) is 0 Å². The van der Waals surface area contributed by atoms with E-state index in [0.29, 0.717) is 6.42 Å². The normalized spacial score (nSPS) is 14.9. The zero-order valence-electron chi connectivity index (χ0n) is 9.93. The summed E-state index contributed by atoms with van der Waals surface area (Å²) in [5.74, 6) is -0.203. The Bertz CT molecular complexity index is 400. The van der Waals surface area contributed by atoms with Crippen LogP contribution in [0.4, 0.5) is 13.2 Å². The van der Waals surface area contributed by atoms with Crippen molar-refractivity contribution in [3.05, 3.63) is 42.5 Å². The molecular formula is C13H14BrF3O. The molecule has 0 aliphatic carbocycles.